The number of rotatable bonds is 8. The van der Waals surface area contributed by atoms with Crippen LogP contribution in [0.15, 0.2) is 10.6 Å². The van der Waals surface area contributed by atoms with Crippen LogP contribution in [-0.2, 0) is 26.2 Å². The number of nitrogens with zero attached hydrogens (tertiary/aromatic N) is 3. The van der Waals surface area contributed by atoms with Crippen LogP contribution in [0, 0.1) is 5.92 Å². The van der Waals surface area contributed by atoms with Crippen molar-refractivity contribution in [1.29, 1.82) is 0 Å². The molecule has 1 aromatic heterocycles. The van der Waals surface area contributed by atoms with Crippen molar-refractivity contribution in [2.45, 2.75) is 91.3 Å². The van der Waals surface area contributed by atoms with E-state index in [-0.39, 0.29) is 17.8 Å². The molecule has 0 aliphatic heterocycles. The molecule has 1 aromatic rings. The average molecular weight is 454 g/mol. The van der Waals surface area contributed by atoms with Crippen molar-refractivity contribution in [3.8, 4) is 0 Å². The minimum Gasteiger partial charge on any atom is -0.480 e. The second-order valence-corrected chi connectivity index (χ2v) is 10.7. The Kier molecular flexibility index (Phi) is 8.89. The highest BCUT2D eigenvalue weighted by molar-refractivity contribution is 5.89. The van der Waals surface area contributed by atoms with E-state index < -0.39 is 35.7 Å². The Hall–Kier alpha value is -2.58. The maximum Gasteiger partial charge on any atom is 0.410 e. The van der Waals surface area contributed by atoms with Crippen LogP contribution in [0.2, 0.25) is 0 Å². The number of amides is 2. The third-order valence-electron chi connectivity index (χ3n) is 4.95. The van der Waals surface area contributed by atoms with Gasteiger partial charge in [-0.3, -0.25) is 9.69 Å². The third kappa shape index (κ3) is 7.84. The normalized spacial score (nSPS) is 14.1. The van der Waals surface area contributed by atoms with Crippen molar-refractivity contribution in [3.05, 3.63) is 17.5 Å². The highest BCUT2D eigenvalue weighted by Crippen LogP contribution is 2.23. The minimum atomic E-state index is -1.18. The predicted molar refractivity (Wildman–Crippen MR) is 120 cm³/mol. The summed E-state index contributed by atoms with van der Waals surface area (Å²) in [7, 11) is 2.92. The summed E-state index contributed by atoms with van der Waals surface area (Å²) < 4.78 is 10.7. The SMILES string of the molecule is CC(C)C[C@@H](C(=O)N(C)[C@H](Cc1cc(C(C)(C)C)no1)C(=O)O)N(C)C(=O)OC(C)(C)C. The van der Waals surface area contributed by atoms with E-state index in [2.05, 4.69) is 5.16 Å². The quantitative estimate of drug-likeness (QED) is 0.638. The zero-order valence-electron chi connectivity index (χ0n) is 21.1. The molecule has 1 heterocycles. The summed E-state index contributed by atoms with van der Waals surface area (Å²) >= 11 is 0. The van der Waals surface area contributed by atoms with Gasteiger partial charge in [0.15, 0.2) is 0 Å². The van der Waals surface area contributed by atoms with Gasteiger partial charge < -0.3 is 19.3 Å². The lowest BCUT2D eigenvalue weighted by atomic mass is 9.92. The van der Waals surface area contributed by atoms with Crippen molar-refractivity contribution in [2.75, 3.05) is 14.1 Å². The first-order valence-corrected chi connectivity index (χ1v) is 10.9. The highest BCUT2D eigenvalue weighted by Gasteiger charge is 2.37. The zero-order valence-corrected chi connectivity index (χ0v) is 21.1. The number of hydrogen-bond acceptors (Lipinski definition) is 6. The van der Waals surface area contributed by atoms with Gasteiger partial charge in [-0.05, 0) is 33.1 Å². The Bertz CT molecular complexity index is 803. The first-order valence-electron chi connectivity index (χ1n) is 10.9. The zero-order chi connectivity index (χ0) is 25.0. The molecule has 2 atom stereocenters. The lowest BCUT2D eigenvalue weighted by molar-refractivity contribution is -0.151. The van der Waals surface area contributed by atoms with Gasteiger partial charge >= 0.3 is 12.1 Å². The molecule has 0 saturated heterocycles. The molecule has 9 nitrogen and oxygen atoms in total. The molecule has 0 aliphatic rings. The van der Waals surface area contributed by atoms with Gasteiger partial charge in [-0.15, -0.1) is 0 Å². The molecule has 0 fully saturated rings. The summed E-state index contributed by atoms with van der Waals surface area (Å²) in [6.07, 6.45) is -0.311. The fourth-order valence-corrected chi connectivity index (χ4v) is 3.06. The van der Waals surface area contributed by atoms with Crippen LogP contribution in [0.25, 0.3) is 0 Å². The maximum absolute atomic E-state index is 13.4. The van der Waals surface area contributed by atoms with E-state index in [4.69, 9.17) is 9.26 Å². The van der Waals surface area contributed by atoms with Gasteiger partial charge in [-0.1, -0.05) is 39.8 Å². The molecule has 2 amide bonds. The Balaban J connectivity index is 3.13. The predicted octanol–water partition coefficient (Wildman–Crippen LogP) is 3.71. The van der Waals surface area contributed by atoms with Crippen molar-refractivity contribution >= 4 is 18.0 Å². The summed E-state index contributed by atoms with van der Waals surface area (Å²) in [6, 6.07) is -0.325. The molecule has 0 aromatic carbocycles. The second-order valence-electron chi connectivity index (χ2n) is 10.7. The van der Waals surface area contributed by atoms with Crippen LogP contribution in [0.5, 0.6) is 0 Å². The van der Waals surface area contributed by atoms with Crippen molar-refractivity contribution in [3.63, 3.8) is 0 Å². The van der Waals surface area contributed by atoms with E-state index in [1.807, 2.05) is 34.6 Å². The molecule has 0 radical (unpaired) electrons. The standard InChI is InChI=1S/C23H39N3O6/c1-14(2)11-16(26(10)21(30)31-23(6,7)8)19(27)25(9)17(20(28)29)12-15-13-18(24-32-15)22(3,4)5/h13-14,16-17H,11-12H2,1-10H3,(H,28,29)/t16-,17+/m0/s1. The first-order chi connectivity index (χ1) is 14.4. The highest BCUT2D eigenvalue weighted by atomic mass is 16.6. The number of likely N-dealkylation sites (N-methyl/N-ethyl adjacent to an activating group) is 2. The molecule has 9 heteroatoms. The van der Waals surface area contributed by atoms with Crippen LogP contribution >= 0.6 is 0 Å². The van der Waals surface area contributed by atoms with Crippen LogP contribution < -0.4 is 0 Å². The number of carboxylic acids is 1. The summed E-state index contributed by atoms with van der Waals surface area (Å²) in [5.41, 5.74) is -0.266. The summed E-state index contributed by atoms with van der Waals surface area (Å²) in [5, 5.41) is 13.8. The number of carbonyl (C=O) groups excluding carboxylic acids is 2. The fourth-order valence-electron chi connectivity index (χ4n) is 3.06. The van der Waals surface area contributed by atoms with Gasteiger partial charge in [0.1, 0.15) is 23.4 Å². The molecule has 1 rings (SSSR count). The largest absolute Gasteiger partial charge is 0.480 e. The molecular weight excluding hydrogens is 414 g/mol. The Labute approximate surface area is 191 Å². The van der Waals surface area contributed by atoms with Crippen LogP contribution in [0.3, 0.4) is 0 Å². The first kappa shape index (κ1) is 27.5. The van der Waals surface area contributed by atoms with E-state index in [1.54, 1.807) is 26.8 Å². The Morgan fingerprint density at radius 1 is 1.06 bits per heavy atom. The van der Waals surface area contributed by atoms with Gasteiger partial charge in [-0.2, -0.15) is 0 Å². The lowest BCUT2D eigenvalue weighted by Crippen LogP contribution is -2.54. The van der Waals surface area contributed by atoms with E-state index in [1.165, 1.54) is 19.0 Å². The summed E-state index contributed by atoms with van der Waals surface area (Å²) in [4.78, 5) is 40.4. The second kappa shape index (κ2) is 10.4. The molecular formula is C23H39N3O6. The van der Waals surface area contributed by atoms with Crippen molar-refractivity contribution < 1.29 is 28.8 Å². The molecule has 0 unspecified atom stereocenters. The van der Waals surface area contributed by atoms with Crippen molar-refractivity contribution in [1.82, 2.24) is 15.0 Å². The molecule has 0 spiro atoms. The number of aromatic nitrogens is 1. The number of aliphatic carboxylic acids is 1. The smallest absolute Gasteiger partial charge is 0.410 e. The molecule has 0 bridgehead atoms. The molecule has 1 N–H and O–H groups in total. The summed E-state index contributed by atoms with van der Waals surface area (Å²) in [5.74, 6) is -1.18. The van der Waals surface area contributed by atoms with E-state index in [9.17, 15) is 19.5 Å². The minimum absolute atomic E-state index is 0.0365. The van der Waals surface area contributed by atoms with Gasteiger partial charge in [0, 0.05) is 32.0 Å². The van der Waals surface area contributed by atoms with E-state index >= 15 is 0 Å². The molecule has 32 heavy (non-hydrogen) atoms. The van der Waals surface area contributed by atoms with Crippen LogP contribution in [-0.4, -0.2) is 69.8 Å². The van der Waals surface area contributed by atoms with Crippen LogP contribution in [0.4, 0.5) is 4.79 Å². The number of carboxylic acid groups (broad SMARTS) is 1. The van der Waals surface area contributed by atoms with E-state index in [0.717, 1.165) is 4.90 Å². The van der Waals surface area contributed by atoms with Crippen molar-refractivity contribution in [2.24, 2.45) is 5.92 Å². The number of ether oxygens (including phenoxy) is 1. The number of hydrogen-bond donors (Lipinski definition) is 1. The Morgan fingerprint density at radius 2 is 1.62 bits per heavy atom. The van der Waals surface area contributed by atoms with Gasteiger partial charge in [-0.25, -0.2) is 9.59 Å². The maximum atomic E-state index is 13.4. The molecule has 0 saturated carbocycles. The Morgan fingerprint density at radius 3 is 2.03 bits per heavy atom. The topological polar surface area (TPSA) is 113 Å². The van der Waals surface area contributed by atoms with E-state index in [0.29, 0.717) is 17.9 Å². The average Bonchev–Trinajstić information content (AvgIpc) is 3.09. The van der Waals surface area contributed by atoms with Crippen LogP contribution in [0.1, 0.15) is 73.3 Å². The number of carbonyl (C=O) groups is 3. The van der Waals surface area contributed by atoms with Gasteiger partial charge in [0.2, 0.25) is 5.91 Å². The lowest BCUT2D eigenvalue weighted by Gasteiger charge is -2.34. The molecule has 182 valence electrons. The fraction of sp³-hybridized carbons (Fsp3) is 0.739. The van der Waals surface area contributed by atoms with Gasteiger partial charge in [0.25, 0.3) is 0 Å². The summed E-state index contributed by atoms with van der Waals surface area (Å²) in [6.45, 7) is 15.0. The third-order valence-corrected chi connectivity index (χ3v) is 4.95. The monoisotopic (exact) mass is 453 g/mol. The van der Waals surface area contributed by atoms with Gasteiger partial charge in [0.05, 0.1) is 5.69 Å². The molecule has 0 aliphatic carbocycles.